The fourth-order valence-electron chi connectivity index (χ4n) is 2.81. The molecule has 21 heavy (non-hydrogen) atoms. The van der Waals surface area contributed by atoms with Crippen LogP contribution in [0.5, 0.6) is 0 Å². The summed E-state index contributed by atoms with van der Waals surface area (Å²) < 4.78 is 0. The zero-order valence-corrected chi connectivity index (χ0v) is 12.6. The quantitative estimate of drug-likeness (QED) is 0.903. The summed E-state index contributed by atoms with van der Waals surface area (Å²) >= 11 is 6.04. The van der Waals surface area contributed by atoms with E-state index in [-0.39, 0.29) is 5.91 Å². The van der Waals surface area contributed by atoms with Crippen molar-refractivity contribution in [1.82, 2.24) is 0 Å². The molecule has 0 saturated heterocycles. The van der Waals surface area contributed by atoms with Crippen LogP contribution in [0.4, 0.5) is 11.4 Å². The van der Waals surface area contributed by atoms with Crippen molar-refractivity contribution in [1.29, 1.82) is 0 Å². The molecule has 0 aromatic heterocycles. The van der Waals surface area contributed by atoms with E-state index in [0.29, 0.717) is 6.04 Å². The predicted octanol–water partition coefficient (Wildman–Crippen LogP) is 3.88. The van der Waals surface area contributed by atoms with E-state index >= 15 is 0 Å². The summed E-state index contributed by atoms with van der Waals surface area (Å²) in [6.45, 7) is 1.51. The van der Waals surface area contributed by atoms with Gasteiger partial charge in [0.15, 0.2) is 0 Å². The second-order valence-electron chi connectivity index (χ2n) is 5.42. The van der Waals surface area contributed by atoms with Crippen LogP contribution < -0.4 is 10.6 Å². The highest BCUT2D eigenvalue weighted by molar-refractivity contribution is 6.30. The molecule has 0 fully saturated rings. The van der Waals surface area contributed by atoms with Gasteiger partial charge in [0.05, 0.1) is 0 Å². The number of anilines is 2. The number of carbonyl (C=O) groups is 1. The van der Waals surface area contributed by atoms with Crippen LogP contribution in [0.2, 0.25) is 5.02 Å². The SMILES string of the molecule is CC(=O)Nc1cccc(NC2Cc3ccc(Cl)cc3C2)c1. The first kappa shape index (κ1) is 14.0. The molecule has 1 amide bonds. The van der Waals surface area contributed by atoms with Crippen molar-refractivity contribution < 1.29 is 4.79 Å². The van der Waals surface area contributed by atoms with Gasteiger partial charge in [0.25, 0.3) is 0 Å². The molecule has 1 aliphatic rings. The number of amides is 1. The molecule has 0 saturated carbocycles. The lowest BCUT2D eigenvalue weighted by atomic mass is 10.1. The number of benzene rings is 2. The van der Waals surface area contributed by atoms with Gasteiger partial charge >= 0.3 is 0 Å². The van der Waals surface area contributed by atoms with Gasteiger partial charge in [0.1, 0.15) is 0 Å². The highest BCUT2D eigenvalue weighted by atomic mass is 35.5. The first-order valence-corrected chi connectivity index (χ1v) is 7.39. The average molecular weight is 301 g/mol. The van der Waals surface area contributed by atoms with Gasteiger partial charge in [0, 0.05) is 29.4 Å². The number of fused-ring (bicyclic) bond motifs is 1. The van der Waals surface area contributed by atoms with Gasteiger partial charge in [-0.2, -0.15) is 0 Å². The van der Waals surface area contributed by atoms with Gasteiger partial charge in [0.2, 0.25) is 5.91 Å². The van der Waals surface area contributed by atoms with Gasteiger partial charge in [-0.15, -0.1) is 0 Å². The summed E-state index contributed by atoms with van der Waals surface area (Å²) in [5.41, 5.74) is 4.50. The lowest BCUT2D eigenvalue weighted by molar-refractivity contribution is -0.114. The lowest BCUT2D eigenvalue weighted by Gasteiger charge is -2.14. The largest absolute Gasteiger partial charge is 0.382 e. The van der Waals surface area contributed by atoms with Crippen molar-refractivity contribution in [3.63, 3.8) is 0 Å². The van der Waals surface area contributed by atoms with E-state index in [1.807, 2.05) is 36.4 Å². The summed E-state index contributed by atoms with van der Waals surface area (Å²) in [4.78, 5) is 11.1. The van der Waals surface area contributed by atoms with E-state index < -0.39 is 0 Å². The van der Waals surface area contributed by atoms with E-state index in [4.69, 9.17) is 11.6 Å². The first-order valence-electron chi connectivity index (χ1n) is 7.01. The Hall–Kier alpha value is -2.00. The summed E-state index contributed by atoms with van der Waals surface area (Å²) in [6, 6.07) is 14.3. The van der Waals surface area contributed by atoms with Gasteiger partial charge in [-0.3, -0.25) is 4.79 Å². The molecular weight excluding hydrogens is 284 g/mol. The zero-order valence-electron chi connectivity index (χ0n) is 11.8. The minimum Gasteiger partial charge on any atom is -0.382 e. The van der Waals surface area contributed by atoms with Crippen molar-refractivity contribution in [2.45, 2.75) is 25.8 Å². The number of hydrogen-bond donors (Lipinski definition) is 2. The second-order valence-corrected chi connectivity index (χ2v) is 5.86. The molecule has 2 aromatic rings. The first-order chi connectivity index (χ1) is 10.1. The second kappa shape index (κ2) is 5.78. The van der Waals surface area contributed by atoms with E-state index in [0.717, 1.165) is 29.2 Å². The molecule has 1 unspecified atom stereocenters. The summed E-state index contributed by atoms with van der Waals surface area (Å²) in [5.74, 6) is -0.0601. The molecule has 0 aliphatic heterocycles. The standard InChI is InChI=1S/C17H17ClN2O/c1-11(21)19-15-3-2-4-16(10-15)20-17-8-12-5-6-14(18)7-13(12)9-17/h2-7,10,17,20H,8-9H2,1H3,(H,19,21). The van der Waals surface area contributed by atoms with Crippen LogP contribution in [0.3, 0.4) is 0 Å². The van der Waals surface area contributed by atoms with E-state index in [1.54, 1.807) is 0 Å². The fourth-order valence-corrected chi connectivity index (χ4v) is 3.01. The monoisotopic (exact) mass is 300 g/mol. The molecule has 108 valence electrons. The van der Waals surface area contributed by atoms with Crippen LogP contribution >= 0.6 is 11.6 Å². The molecule has 2 aromatic carbocycles. The van der Waals surface area contributed by atoms with Crippen molar-refractivity contribution in [2.75, 3.05) is 10.6 Å². The van der Waals surface area contributed by atoms with Gasteiger partial charge in [-0.25, -0.2) is 0 Å². The fraction of sp³-hybridized carbons (Fsp3) is 0.235. The lowest BCUT2D eigenvalue weighted by Crippen LogP contribution is -2.19. The third kappa shape index (κ3) is 3.37. The van der Waals surface area contributed by atoms with Crippen LogP contribution in [0.1, 0.15) is 18.1 Å². The molecular formula is C17H17ClN2O. The van der Waals surface area contributed by atoms with Gasteiger partial charge in [-0.1, -0.05) is 23.7 Å². The number of halogens is 1. The highest BCUT2D eigenvalue weighted by Crippen LogP contribution is 2.27. The minimum absolute atomic E-state index is 0.0601. The Morgan fingerprint density at radius 3 is 2.67 bits per heavy atom. The van der Waals surface area contributed by atoms with Crippen molar-refractivity contribution in [3.05, 3.63) is 58.6 Å². The van der Waals surface area contributed by atoms with Crippen molar-refractivity contribution in [2.24, 2.45) is 0 Å². The van der Waals surface area contributed by atoms with Gasteiger partial charge in [-0.05, 0) is 54.3 Å². The van der Waals surface area contributed by atoms with Crippen LogP contribution in [0.15, 0.2) is 42.5 Å². The number of carbonyl (C=O) groups excluding carboxylic acids is 1. The topological polar surface area (TPSA) is 41.1 Å². The number of nitrogens with one attached hydrogen (secondary N) is 2. The van der Waals surface area contributed by atoms with Crippen LogP contribution in [-0.4, -0.2) is 11.9 Å². The normalized spacial score (nSPS) is 16.4. The molecule has 0 bridgehead atoms. The third-order valence-corrected chi connectivity index (χ3v) is 3.89. The maximum absolute atomic E-state index is 11.1. The maximum Gasteiger partial charge on any atom is 0.221 e. The Kier molecular flexibility index (Phi) is 3.84. The Morgan fingerprint density at radius 2 is 1.86 bits per heavy atom. The molecule has 1 atom stereocenters. The average Bonchev–Trinajstić information content (AvgIpc) is 2.79. The predicted molar refractivity (Wildman–Crippen MR) is 87.0 cm³/mol. The Bertz CT molecular complexity index is 684. The van der Waals surface area contributed by atoms with E-state index in [9.17, 15) is 4.79 Å². The summed E-state index contributed by atoms with van der Waals surface area (Å²) in [5, 5.41) is 7.12. The number of rotatable bonds is 3. The van der Waals surface area contributed by atoms with Crippen LogP contribution in [-0.2, 0) is 17.6 Å². The maximum atomic E-state index is 11.1. The molecule has 4 heteroatoms. The Balaban J connectivity index is 1.70. The van der Waals surface area contributed by atoms with Crippen molar-refractivity contribution in [3.8, 4) is 0 Å². The molecule has 3 rings (SSSR count). The summed E-state index contributed by atoms with van der Waals surface area (Å²) in [6.07, 6.45) is 1.97. The van der Waals surface area contributed by atoms with E-state index in [1.165, 1.54) is 18.1 Å². The molecule has 1 aliphatic carbocycles. The molecule has 2 N–H and O–H groups in total. The molecule has 0 spiro atoms. The van der Waals surface area contributed by atoms with E-state index in [2.05, 4.69) is 16.7 Å². The third-order valence-electron chi connectivity index (χ3n) is 3.65. The zero-order chi connectivity index (χ0) is 14.8. The molecule has 3 nitrogen and oxygen atoms in total. The summed E-state index contributed by atoms with van der Waals surface area (Å²) in [7, 11) is 0. The van der Waals surface area contributed by atoms with Crippen LogP contribution in [0, 0.1) is 0 Å². The van der Waals surface area contributed by atoms with Gasteiger partial charge < -0.3 is 10.6 Å². The minimum atomic E-state index is -0.0601. The number of hydrogen-bond acceptors (Lipinski definition) is 2. The molecule has 0 heterocycles. The Morgan fingerprint density at radius 1 is 1.10 bits per heavy atom. The Labute approximate surface area is 129 Å². The van der Waals surface area contributed by atoms with Crippen LogP contribution in [0.25, 0.3) is 0 Å². The smallest absolute Gasteiger partial charge is 0.221 e. The highest BCUT2D eigenvalue weighted by Gasteiger charge is 2.21. The molecule has 0 radical (unpaired) electrons. The van der Waals surface area contributed by atoms with Crippen molar-refractivity contribution >= 4 is 28.9 Å².